The minimum atomic E-state index is -0.403. The summed E-state index contributed by atoms with van der Waals surface area (Å²) in [7, 11) is 0. The summed E-state index contributed by atoms with van der Waals surface area (Å²) in [5.74, 6) is 0.154. The topological polar surface area (TPSA) is 59.2 Å². The first-order valence-corrected chi connectivity index (χ1v) is 8.18. The molecule has 1 amide bonds. The molecule has 0 saturated carbocycles. The van der Waals surface area contributed by atoms with Gasteiger partial charge in [-0.2, -0.15) is 4.98 Å². The van der Waals surface area contributed by atoms with Crippen molar-refractivity contribution in [1.29, 1.82) is 0 Å². The molecule has 2 heterocycles. The molecule has 1 aromatic heterocycles. The van der Waals surface area contributed by atoms with Crippen LogP contribution in [0.25, 0.3) is 11.4 Å². The van der Waals surface area contributed by atoms with Gasteiger partial charge in [0.25, 0.3) is 0 Å². The van der Waals surface area contributed by atoms with Gasteiger partial charge in [0.05, 0.1) is 5.56 Å². The van der Waals surface area contributed by atoms with Gasteiger partial charge in [-0.3, -0.25) is 4.79 Å². The highest BCUT2D eigenvalue weighted by molar-refractivity contribution is 5.95. The lowest BCUT2D eigenvalue weighted by molar-refractivity contribution is -0.118. The Labute approximate surface area is 144 Å². The van der Waals surface area contributed by atoms with E-state index in [1.54, 1.807) is 23.1 Å². The van der Waals surface area contributed by atoms with E-state index in [1.807, 2.05) is 24.3 Å². The van der Waals surface area contributed by atoms with Crippen LogP contribution in [0, 0.1) is 5.82 Å². The molecule has 6 heteroatoms. The SMILES string of the molecule is O=C(CCc1nc(-c2ccccc2F)no1)N1CCc2ccccc21. The molecule has 0 unspecified atom stereocenters. The summed E-state index contributed by atoms with van der Waals surface area (Å²) < 4.78 is 18.9. The van der Waals surface area contributed by atoms with Crippen LogP contribution in [-0.4, -0.2) is 22.6 Å². The fourth-order valence-corrected chi connectivity index (χ4v) is 3.05. The number of aryl methyl sites for hydroxylation is 1. The lowest BCUT2D eigenvalue weighted by Gasteiger charge is -2.16. The molecular formula is C19H16FN3O2. The van der Waals surface area contributed by atoms with E-state index >= 15 is 0 Å². The zero-order chi connectivity index (χ0) is 17.2. The summed E-state index contributed by atoms with van der Waals surface area (Å²) in [5, 5.41) is 3.81. The second-order valence-corrected chi connectivity index (χ2v) is 5.92. The summed E-state index contributed by atoms with van der Waals surface area (Å²) >= 11 is 0. The van der Waals surface area contributed by atoms with Crippen molar-refractivity contribution in [3.63, 3.8) is 0 Å². The average Bonchev–Trinajstić information content (AvgIpc) is 3.27. The van der Waals surface area contributed by atoms with Gasteiger partial charge in [0.2, 0.25) is 17.6 Å². The molecular weight excluding hydrogens is 321 g/mol. The van der Waals surface area contributed by atoms with Crippen molar-refractivity contribution in [3.8, 4) is 11.4 Å². The molecule has 2 aromatic carbocycles. The van der Waals surface area contributed by atoms with Crippen LogP contribution in [0.5, 0.6) is 0 Å². The van der Waals surface area contributed by atoms with Crippen LogP contribution in [0.3, 0.4) is 0 Å². The average molecular weight is 337 g/mol. The smallest absolute Gasteiger partial charge is 0.227 e. The summed E-state index contributed by atoms with van der Waals surface area (Å²) in [6, 6.07) is 14.2. The standard InChI is InChI=1S/C19H16FN3O2/c20-15-7-3-2-6-14(15)19-21-17(25-22-19)9-10-18(24)23-12-11-13-5-1-4-8-16(13)23/h1-8H,9-12H2. The van der Waals surface area contributed by atoms with Gasteiger partial charge in [-0.15, -0.1) is 0 Å². The second kappa shape index (κ2) is 6.47. The molecule has 25 heavy (non-hydrogen) atoms. The first kappa shape index (κ1) is 15.5. The van der Waals surface area contributed by atoms with Crippen molar-refractivity contribution in [3.05, 3.63) is 65.8 Å². The monoisotopic (exact) mass is 337 g/mol. The van der Waals surface area contributed by atoms with Gasteiger partial charge in [-0.25, -0.2) is 4.39 Å². The first-order valence-electron chi connectivity index (χ1n) is 8.18. The third kappa shape index (κ3) is 3.03. The lowest BCUT2D eigenvalue weighted by atomic mass is 10.2. The van der Waals surface area contributed by atoms with E-state index in [2.05, 4.69) is 10.1 Å². The van der Waals surface area contributed by atoms with Crippen LogP contribution in [0.2, 0.25) is 0 Å². The third-order valence-corrected chi connectivity index (χ3v) is 4.32. The minimum Gasteiger partial charge on any atom is -0.339 e. The lowest BCUT2D eigenvalue weighted by Crippen LogP contribution is -2.29. The molecule has 0 saturated heterocycles. The molecule has 0 fully saturated rings. The largest absolute Gasteiger partial charge is 0.339 e. The van der Waals surface area contributed by atoms with Crippen molar-refractivity contribution in [1.82, 2.24) is 10.1 Å². The number of halogens is 1. The predicted octanol–water partition coefficient (Wildman–Crippen LogP) is 3.40. The molecule has 0 bridgehead atoms. The maximum atomic E-state index is 13.8. The van der Waals surface area contributed by atoms with E-state index in [1.165, 1.54) is 11.6 Å². The van der Waals surface area contributed by atoms with E-state index in [-0.39, 0.29) is 23.7 Å². The minimum absolute atomic E-state index is 0.0237. The normalized spacial score (nSPS) is 13.1. The third-order valence-electron chi connectivity index (χ3n) is 4.32. The number of rotatable bonds is 4. The Hall–Kier alpha value is -3.02. The zero-order valence-electron chi connectivity index (χ0n) is 13.5. The van der Waals surface area contributed by atoms with Gasteiger partial charge < -0.3 is 9.42 Å². The van der Waals surface area contributed by atoms with Gasteiger partial charge in [-0.05, 0) is 30.2 Å². The number of nitrogens with zero attached hydrogens (tertiary/aromatic N) is 3. The van der Waals surface area contributed by atoms with Crippen molar-refractivity contribution in [2.24, 2.45) is 0 Å². The van der Waals surface area contributed by atoms with Crippen LogP contribution in [-0.2, 0) is 17.6 Å². The Balaban J connectivity index is 1.43. The van der Waals surface area contributed by atoms with Gasteiger partial charge >= 0.3 is 0 Å². The van der Waals surface area contributed by atoms with Crippen LogP contribution in [0.15, 0.2) is 53.1 Å². The molecule has 0 aliphatic carbocycles. The molecule has 1 aliphatic rings. The summed E-state index contributed by atoms with van der Waals surface area (Å²) in [5.41, 5.74) is 2.46. The summed E-state index contributed by atoms with van der Waals surface area (Å²) in [4.78, 5) is 18.5. The maximum Gasteiger partial charge on any atom is 0.227 e. The van der Waals surface area contributed by atoms with Crippen LogP contribution in [0.4, 0.5) is 10.1 Å². The van der Waals surface area contributed by atoms with Crippen molar-refractivity contribution in [2.45, 2.75) is 19.3 Å². The number of carbonyl (C=O) groups is 1. The summed E-state index contributed by atoms with van der Waals surface area (Å²) in [6.07, 6.45) is 1.48. The van der Waals surface area contributed by atoms with Crippen molar-refractivity contribution < 1.29 is 13.7 Å². The number of carbonyl (C=O) groups excluding carboxylic acids is 1. The Kier molecular flexibility index (Phi) is 4.01. The highest BCUT2D eigenvalue weighted by Crippen LogP contribution is 2.28. The van der Waals surface area contributed by atoms with Crippen LogP contribution < -0.4 is 4.90 Å². The van der Waals surface area contributed by atoms with Crippen molar-refractivity contribution in [2.75, 3.05) is 11.4 Å². The molecule has 3 aromatic rings. The number of para-hydroxylation sites is 1. The Morgan fingerprint density at radius 1 is 1.16 bits per heavy atom. The molecule has 0 radical (unpaired) electrons. The zero-order valence-corrected chi connectivity index (χ0v) is 13.5. The number of anilines is 1. The van der Waals surface area contributed by atoms with Gasteiger partial charge in [0.1, 0.15) is 5.82 Å². The number of hydrogen-bond acceptors (Lipinski definition) is 4. The van der Waals surface area contributed by atoms with Crippen molar-refractivity contribution >= 4 is 11.6 Å². The molecule has 126 valence electrons. The van der Waals surface area contributed by atoms with Crippen LogP contribution in [0.1, 0.15) is 17.9 Å². The number of fused-ring (bicyclic) bond motifs is 1. The van der Waals surface area contributed by atoms with E-state index < -0.39 is 5.82 Å². The Morgan fingerprint density at radius 3 is 2.84 bits per heavy atom. The Bertz CT molecular complexity index is 922. The predicted molar refractivity (Wildman–Crippen MR) is 90.5 cm³/mol. The van der Waals surface area contributed by atoms with E-state index in [4.69, 9.17) is 4.52 Å². The van der Waals surface area contributed by atoms with E-state index in [9.17, 15) is 9.18 Å². The molecule has 0 N–H and O–H groups in total. The van der Waals surface area contributed by atoms with Crippen LogP contribution >= 0.6 is 0 Å². The fourth-order valence-electron chi connectivity index (χ4n) is 3.05. The van der Waals surface area contributed by atoms with Gasteiger partial charge in [0, 0.05) is 25.1 Å². The number of hydrogen-bond donors (Lipinski definition) is 0. The highest BCUT2D eigenvalue weighted by atomic mass is 19.1. The maximum absolute atomic E-state index is 13.8. The number of amides is 1. The summed E-state index contributed by atoms with van der Waals surface area (Å²) in [6.45, 7) is 0.697. The molecule has 0 spiro atoms. The molecule has 1 aliphatic heterocycles. The van der Waals surface area contributed by atoms with Gasteiger partial charge in [-0.1, -0.05) is 35.5 Å². The number of aromatic nitrogens is 2. The first-order chi connectivity index (χ1) is 12.2. The second-order valence-electron chi connectivity index (χ2n) is 5.92. The van der Waals surface area contributed by atoms with E-state index in [0.717, 1.165) is 12.1 Å². The quantitative estimate of drug-likeness (QED) is 0.732. The molecule has 5 nitrogen and oxygen atoms in total. The van der Waals surface area contributed by atoms with E-state index in [0.29, 0.717) is 18.9 Å². The number of benzene rings is 2. The Morgan fingerprint density at radius 2 is 1.96 bits per heavy atom. The van der Waals surface area contributed by atoms with Gasteiger partial charge in [0.15, 0.2) is 0 Å². The molecule has 0 atom stereocenters. The molecule has 4 rings (SSSR count). The highest BCUT2D eigenvalue weighted by Gasteiger charge is 2.24. The fraction of sp³-hybridized carbons (Fsp3) is 0.211.